The number of nitrogens with one attached hydrogen (secondary N) is 1. The highest BCUT2D eigenvalue weighted by Crippen LogP contribution is 2.12. The Balaban J connectivity index is 2.57. The van der Waals surface area contributed by atoms with E-state index in [1.54, 1.807) is 13.2 Å². The van der Waals surface area contributed by atoms with E-state index >= 15 is 0 Å². The Morgan fingerprint density at radius 1 is 1.30 bits per heavy atom. The predicted molar refractivity (Wildman–Crippen MR) is 90.9 cm³/mol. The lowest BCUT2D eigenvalue weighted by molar-refractivity contribution is -0.120. The van der Waals surface area contributed by atoms with Gasteiger partial charge in [-0.15, -0.1) is 6.58 Å². The Kier molecular flexibility index (Phi) is 7.77. The van der Waals surface area contributed by atoms with Gasteiger partial charge in [0.05, 0.1) is 13.4 Å². The lowest BCUT2D eigenvalue weighted by Gasteiger charge is -2.19. The smallest absolute Gasteiger partial charge is 0.221 e. The van der Waals surface area contributed by atoms with E-state index in [1.807, 2.05) is 24.3 Å². The molecule has 128 valence electrons. The molecule has 0 unspecified atom stereocenters. The van der Waals surface area contributed by atoms with Gasteiger partial charge in [-0.05, 0) is 24.1 Å². The van der Waals surface area contributed by atoms with Crippen LogP contribution in [0, 0.1) is 0 Å². The third kappa shape index (κ3) is 7.30. The SMILES string of the molecule is C=CCNC(=O)CCN(CCc1ccc(OC)cc1)S(C)(=O)=O. The number of amides is 1. The van der Waals surface area contributed by atoms with Crippen LogP contribution in [0.3, 0.4) is 0 Å². The molecule has 0 saturated heterocycles. The van der Waals surface area contributed by atoms with Crippen LogP contribution < -0.4 is 10.1 Å². The Morgan fingerprint density at radius 2 is 1.96 bits per heavy atom. The van der Waals surface area contributed by atoms with Crippen molar-refractivity contribution in [1.82, 2.24) is 9.62 Å². The summed E-state index contributed by atoms with van der Waals surface area (Å²) in [6.45, 7) is 4.39. The van der Waals surface area contributed by atoms with Crippen LogP contribution >= 0.6 is 0 Å². The number of sulfonamides is 1. The molecule has 0 spiro atoms. The van der Waals surface area contributed by atoms with Crippen LogP contribution in [0.1, 0.15) is 12.0 Å². The predicted octanol–water partition coefficient (Wildman–Crippen LogP) is 1.19. The first kappa shape index (κ1) is 19.2. The fourth-order valence-electron chi connectivity index (χ4n) is 1.99. The van der Waals surface area contributed by atoms with Gasteiger partial charge in [0.2, 0.25) is 15.9 Å². The maximum absolute atomic E-state index is 11.8. The standard InChI is InChI=1S/C16H24N2O4S/c1-4-11-17-16(19)10-13-18(23(3,20)21)12-9-14-5-7-15(22-2)8-6-14/h4-8H,1,9-13H2,2-3H3,(H,17,19). The lowest BCUT2D eigenvalue weighted by atomic mass is 10.1. The second kappa shape index (κ2) is 9.32. The van der Waals surface area contributed by atoms with Gasteiger partial charge in [-0.3, -0.25) is 4.79 Å². The Morgan fingerprint density at radius 3 is 2.48 bits per heavy atom. The van der Waals surface area contributed by atoms with Crippen molar-refractivity contribution in [1.29, 1.82) is 0 Å². The van der Waals surface area contributed by atoms with Crippen LogP contribution in [0.5, 0.6) is 5.75 Å². The third-order valence-electron chi connectivity index (χ3n) is 3.31. The molecule has 0 saturated carbocycles. The highest BCUT2D eigenvalue weighted by Gasteiger charge is 2.17. The fraction of sp³-hybridized carbons (Fsp3) is 0.438. The molecule has 0 aliphatic heterocycles. The molecule has 7 heteroatoms. The average Bonchev–Trinajstić information content (AvgIpc) is 2.52. The average molecular weight is 340 g/mol. The van der Waals surface area contributed by atoms with Crippen molar-refractivity contribution >= 4 is 15.9 Å². The van der Waals surface area contributed by atoms with Crippen molar-refractivity contribution in [3.63, 3.8) is 0 Å². The number of rotatable bonds is 10. The van der Waals surface area contributed by atoms with Gasteiger partial charge >= 0.3 is 0 Å². The Bertz CT molecular complexity index is 611. The minimum absolute atomic E-state index is 0.128. The Hall–Kier alpha value is -1.86. The molecule has 0 bridgehead atoms. The van der Waals surface area contributed by atoms with Gasteiger partial charge < -0.3 is 10.1 Å². The van der Waals surface area contributed by atoms with E-state index in [2.05, 4.69) is 11.9 Å². The zero-order valence-electron chi connectivity index (χ0n) is 13.6. The molecule has 1 N–H and O–H groups in total. The fourth-order valence-corrected chi connectivity index (χ4v) is 2.84. The number of nitrogens with zero attached hydrogens (tertiary/aromatic N) is 1. The summed E-state index contributed by atoms with van der Waals surface area (Å²) in [7, 11) is -1.76. The summed E-state index contributed by atoms with van der Waals surface area (Å²) in [5.41, 5.74) is 1.01. The normalized spacial score (nSPS) is 11.3. The molecule has 1 amide bonds. The van der Waals surface area contributed by atoms with E-state index < -0.39 is 10.0 Å². The minimum atomic E-state index is -3.36. The lowest BCUT2D eigenvalue weighted by Crippen LogP contribution is -2.36. The largest absolute Gasteiger partial charge is 0.497 e. The molecule has 6 nitrogen and oxygen atoms in total. The second-order valence-electron chi connectivity index (χ2n) is 5.10. The molecule has 0 aliphatic rings. The Labute approximate surface area is 138 Å². The van der Waals surface area contributed by atoms with E-state index in [1.165, 1.54) is 4.31 Å². The molecule has 0 atom stereocenters. The first-order valence-corrected chi connectivity index (χ1v) is 9.17. The first-order chi connectivity index (χ1) is 10.9. The third-order valence-corrected chi connectivity index (χ3v) is 4.61. The zero-order chi connectivity index (χ0) is 17.3. The number of hydrogen-bond acceptors (Lipinski definition) is 4. The van der Waals surface area contributed by atoms with Crippen molar-refractivity contribution in [2.45, 2.75) is 12.8 Å². The summed E-state index contributed by atoms with van der Waals surface area (Å²) >= 11 is 0. The number of hydrogen-bond donors (Lipinski definition) is 1. The molecule has 1 aromatic rings. The summed E-state index contributed by atoms with van der Waals surface area (Å²) in [5, 5.41) is 2.63. The van der Waals surface area contributed by atoms with E-state index in [0.29, 0.717) is 19.5 Å². The molecule has 1 rings (SSSR count). The minimum Gasteiger partial charge on any atom is -0.497 e. The summed E-state index contributed by atoms with van der Waals surface area (Å²) in [6.07, 6.45) is 3.44. The first-order valence-electron chi connectivity index (χ1n) is 7.32. The summed E-state index contributed by atoms with van der Waals surface area (Å²) in [6, 6.07) is 7.47. The van der Waals surface area contributed by atoms with Gasteiger partial charge in [0.25, 0.3) is 0 Å². The number of carbonyl (C=O) groups is 1. The van der Waals surface area contributed by atoms with Crippen LogP contribution in [0.25, 0.3) is 0 Å². The molecule has 0 fully saturated rings. The maximum Gasteiger partial charge on any atom is 0.221 e. The molecule has 0 aliphatic carbocycles. The van der Waals surface area contributed by atoms with E-state index in [-0.39, 0.29) is 18.9 Å². The van der Waals surface area contributed by atoms with Crippen molar-refractivity contribution in [2.24, 2.45) is 0 Å². The number of ether oxygens (including phenoxy) is 1. The van der Waals surface area contributed by atoms with Crippen LogP contribution in [0.2, 0.25) is 0 Å². The van der Waals surface area contributed by atoms with Crippen molar-refractivity contribution in [2.75, 3.05) is 33.0 Å². The quantitative estimate of drug-likeness (QED) is 0.649. The summed E-state index contributed by atoms with van der Waals surface area (Å²) in [4.78, 5) is 11.6. The van der Waals surface area contributed by atoms with Crippen LogP contribution in [0.15, 0.2) is 36.9 Å². The van der Waals surface area contributed by atoms with Gasteiger partial charge in [-0.2, -0.15) is 0 Å². The van der Waals surface area contributed by atoms with Crippen LogP contribution in [-0.2, 0) is 21.2 Å². The van der Waals surface area contributed by atoms with Crippen LogP contribution in [-0.4, -0.2) is 51.6 Å². The maximum atomic E-state index is 11.8. The molecule has 1 aromatic carbocycles. The number of methoxy groups -OCH3 is 1. The van der Waals surface area contributed by atoms with Crippen LogP contribution in [0.4, 0.5) is 0 Å². The van der Waals surface area contributed by atoms with E-state index in [0.717, 1.165) is 17.6 Å². The van der Waals surface area contributed by atoms with E-state index in [9.17, 15) is 13.2 Å². The molecular weight excluding hydrogens is 316 g/mol. The zero-order valence-corrected chi connectivity index (χ0v) is 14.4. The van der Waals surface area contributed by atoms with Crippen molar-refractivity contribution in [3.8, 4) is 5.75 Å². The monoisotopic (exact) mass is 340 g/mol. The highest BCUT2D eigenvalue weighted by molar-refractivity contribution is 7.88. The van der Waals surface area contributed by atoms with Crippen molar-refractivity contribution < 1.29 is 17.9 Å². The summed E-state index contributed by atoms with van der Waals surface area (Å²) in [5.74, 6) is 0.565. The molecule has 0 radical (unpaired) electrons. The molecule has 23 heavy (non-hydrogen) atoms. The summed E-state index contributed by atoms with van der Waals surface area (Å²) < 4.78 is 30.1. The number of benzene rings is 1. The topological polar surface area (TPSA) is 75.7 Å². The molecule has 0 aromatic heterocycles. The second-order valence-corrected chi connectivity index (χ2v) is 7.09. The highest BCUT2D eigenvalue weighted by atomic mass is 32.2. The van der Waals surface area contributed by atoms with Gasteiger partial charge in [-0.25, -0.2) is 12.7 Å². The van der Waals surface area contributed by atoms with E-state index in [4.69, 9.17) is 4.74 Å². The molecule has 0 heterocycles. The number of carbonyl (C=O) groups excluding carboxylic acids is 1. The van der Waals surface area contributed by atoms with Crippen molar-refractivity contribution in [3.05, 3.63) is 42.5 Å². The van der Waals surface area contributed by atoms with Gasteiger partial charge in [0, 0.05) is 26.1 Å². The molecular formula is C16H24N2O4S. The van der Waals surface area contributed by atoms with Gasteiger partial charge in [0.15, 0.2) is 0 Å². The van der Waals surface area contributed by atoms with Gasteiger partial charge in [0.1, 0.15) is 5.75 Å². The van der Waals surface area contributed by atoms with Gasteiger partial charge in [-0.1, -0.05) is 18.2 Å².